The number of nitrogens with zero attached hydrogens (tertiary/aromatic N) is 3. The van der Waals surface area contributed by atoms with E-state index in [1.165, 1.54) is 17.0 Å². The van der Waals surface area contributed by atoms with Crippen molar-refractivity contribution in [3.63, 3.8) is 0 Å². The number of hydrogen-bond donors (Lipinski definition) is 1. The molecular formula is C23H13BrClN3O3. The Morgan fingerprint density at radius 2 is 1.94 bits per heavy atom. The van der Waals surface area contributed by atoms with E-state index >= 15 is 0 Å². The summed E-state index contributed by atoms with van der Waals surface area (Å²) in [5, 5.41) is 15.5. The minimum Gasteiger partial charge on any atom is -0.506 e. The van der Waals surface area contributed by atoms with Crippen molar-refractivity contribution < 1.29 is 9.52 Å². The first-order valence-electron chi connectivity index (χ1n) is 9.24. The van der Waals surface area contributed by atoms with Gasteiger partial charge in [0.1, 0.15) is 11.3 Å². The van der Waals surface area contributed by atoms with Crippen LogP contribution in [0.5, 0.6) is 5.75 Å². The van der Waals surface area contributed by atoms with Crippen LogP contribution < -0.4 is 5.56 Å². The van der Waals surface area contributed by atoms with E-state index in [9.17, 15) is 9.90 Å². The number of benzene rings is 3. The minimum atomic E-state index is -0.330. The third-order valence-electron chi connectivity index (χ3n) is 4.75. The number of halogens is 2. The fourth-order valence-corrected chi connectivity index (χ4v) is 3.81. The Hall–Kier alpha value is -3.42. The molecule has 0 atom stereocenters. The van der Waals surface area contributed by atoms with Gasteiger partial charge in [0, 0.05) is 9.86 Å². The second kappa shape index (κ2) is 7.68. The normalized spacial score (nSPS) is 11.7. The number of rotatable bonds is 3. The third kappa shape index (κ3) is 3.62. The average Bonchev–Trinajstić information content (AvgIpc) is 3.18. The number of fused-ring (bicyclic) bond motifs is 2. The van der Waals surface area contributed by atoms with Crippen LogP contribution in [0, 0.1) is 0 Å². The summed E-state index contributed by atoms with van der Waals surface area (Å²) < 4.78 is 8.09. The van der Waals surface area contributed by atoms with Crippen LogP contribution in [0.2, 0.25) is 5.02 Å². The zero-order valence-electron chi connectivity index (χ0n) is 15.8. The molecule has 0 aliphatic rings. The van der Waals surface area contributed by atoms with Crippen LogP contribution in [0.4, 0.5) is 0 Å². The summed E-state index contributed by atoms with van der Waals surface area (Å²) in [6.45, 7) is 0. The van der Waals surface area contributed by atoms with Crippen molar-refractivity contribution in [1.29, 1.82) is 0 Å². The van der Waals surface area contributed by atoms with Gasteiger partial charge in [-0.25, -0.2) is 4.98 Å². The first-order valence-corrected chi connectivity index (χ1v) is 10.4. The molecule has 3 aromatic carbocycles. The van der Waals surface area contributed by atoms with E-state index in [0.717, 1.165) is 9.86 Å². The van der Waals surface area contributed by atoms with Crippen molar-refractivity contribution in [2.75, 3.05) is 0 Å². The molecule has 0 bridgehead atoms. The van der Waals surface area contributed by atoms with E-state index < -0.39 is 0 Å². The quantitative estimate of drug-likeness (QED) is 0.321. The van der Waals surface area contributed by atoms with E-state index in [2.05, 4.69) is 26.0 Å². The monoisotopic (exact) mass is 493 g/mol. The van der Waals surface area contributed by atoms with Crippen LogP contribution in [0.3, 0.4) is 0 Å². The lowest BCUT2D eigenvalue weighted by atomic mass is 10.2. The van der Waals surface area contributed by atoms with Gasteiger partial charge in [0.05, 0.1) is 22.1 Å². The van der Waals surface area contributed by atoms with E-state index in [1.54, 1.807) is 30.3 Å². The van der Waals surface area contributed by atoms with Gasteiger partial charge in [-0.2, -0.15) is 9.78 Å². The zero-order valence-corrected chi connectivity index (χ0v) is 18.1. The van der Waals surface area contributed by atoms with E-state index in [4.69, 9.17) is 16.0 Å². The smallest absolute Gasteiger partial charge is 0.282 e. The molecule has 8 heteroatoms. The van der Waals surface area contributed by atoms with Crippen LogP contribution in [0.15, 0.2) is 85.5 Å². The first-order chi connectivity index (χ1) is 15.0. The highest BCUT2D eigenvalue weighted by Gasteiger charge is 2.16. The molecule has 152 valence electrons. The van der Waals surface area contributed by atoms with Crippen molar-refractivity contribution >= 4 is 55.6 Å². The predicted molar refractivity (Wildman–Crippen MR) is 125 cm³/mol. The molecule has 0 amide bonds. The molecule has 2 heterocycles. The van der Waals surface area contributed by atoms with Crippen molar-refractivity contribution in [2.45, 2.75) is 0 Å². The lowest BCUT2D eigenvalue weighted by Gasteiger charge is -2.07. The Kier molecular flexibility index (Phi) is 4.84. The SMILES string of the molecule is O=c1c2ccccc2nc(-c2cc3cc(Br)ccc3o2)n1N=Cc1ccc(O)c(Cl)c1. The van der Waals surface area contributed by atoms with Gasteiger partial charge in [-0.05, 0) is 60.2 Å². The number of hydrogen-bond acceptors (Lipinski definition) is 5. The summed E-state index contributed by atoms with van der Waals surface area (Å²) in [5.74, 6) is 0.659. The molecule has 0 unspecified atom stereocenters. The lowest BCUT2D eigenvalue weighted by Crippen LogP contribution is -2.20. The van der Waals surface area contributed by atoms with E-state index in [1.807, 2.05) is 30.3 Å². The van der Waals surface area contributed by atoms with Crippen LogP contribution in [-0.4, -0.2) is 21.0 Å². The minimum absolute atomic E-state index is 0.0301. The van der Waals surface area contributed by atoms with Crippen LogP contribution in [0.25, 0.3) is 33.5 Å². The standard InChI is InChI=1S/C23H13BrClN3O3/c24-15-6-8-20-14(10-15)11-21(31-20)22-27-18-4-2-1-3-16(18)23(30)28(22)26-12-13-5-7-19(29)17(25)9-13/h1-12,29H. The predicted octanol–water partition coefficient (Wildman–Crippen LogP) is 5.81. The van der Waals surface area contributed by atoms with Crippen molar-refractivity contribution in [2.24, 2.45) is 5.10 Å². The van der Waals surface area contributed by atoms with Gasteiger partial charge in [0.2, 0.25) is 5.82 Å². The Balaban J connectivity index is 1.73. The topological polar surface area (TPSA) is 80.6 Å². The molecule has 0 radical (unpaired) electrons. The molecule has 5 rings (SSSR count). The number of furan rings is 1. The summed E-state index contributed by atoms with van der Waals surface area (Å²) in [6.07, 6.45) is 1.48. The Bertz CT molecular complexity index is 1560. The molecule has 1 N–H and O–H groups in total. The van der Waals surface area contributed by atoms with Gasteiger partial charge >= 0.3 is 0 Å². The highest BCUT2D eigenvalue weighted by molar-refractivity contribution is 9.10. The second-order valence-corrected chi connectivity index (χ2v) is 8.14. The van der Waals surface area contributed by atoms with E-state index in [0.29, 0.717) is 27.8 Å². The average molecular weight is 495 g/mol. The summed E-state index contributed by atoms with van der Waals surface area (Å²) in [7, 11) is 0. The molecule has 0 saturated heterocycles. The van der Waals surface area contributed by atoms with Gasteiger partial charge in [-0.3, -0.25) is 4.79 Å². The molecule has 5 aromatic rings. The maximum absolute atomic E-state index is 13.2. The summed E-state index contributed by atoms with van der Waals surface area (Å²) in [5.41, 5.74) is 1.50. The summed E-state index contributed by atoms with van der Waals surface area (Å²) in [4.78, 5) is 17.9. The van der Waals surface area contributed by atoms with E-state index in [-0.39, 0.29) is 22.2 Å². The number of aromatic hydroxyl groups is 1. The first kappa shape index (κ1) is 19.5. The van der Waals surface area contributed by atoms with Crippen molar-refractivity contribution in [1.82, 2.24) is 9.66 Å². The number of phenols is 1. The molecule has 31 heavy (non-hydrogen) atoms. The number of phenolic OH excluding ortho intramolecular Hbond substituents is 1. The maximum atomic E-state index is 13.2. The Morgan fingerprint density at radius 1 is 1.10 bits per heavy atom. The second-order valence-electron chi connectivity index (χ2n) is 6.82. The third-order valence-corrected chi connectivity index (χ3v) is 5.54. The maximum Gasteiger partial charge on any atom is 0.282 e. The van der Waals surface area contributed by atoms with Crippen molar-refractivity contribution in [3.8, 4) is 17.3 Å². The number of para-hydroxylation sites is 1. The van der Waals surface area contributed by atoms with Gasteiger partial charge in [0.15, 0.2) is 5.76 Å². The van der Waals surface area contributed by atoms with Gasteiger partial charge in [0.25, 0.3) is 5.56 Å². The molecule has 0 aliphatic heterocycles. The molecule has 2 aromatic heterocycles. The molecule has 6 nitrogen and oxygen atoms in total. The molecule has 0 spiro atoms. The lowest BCUT2D eigenvalue weighted by molar-refractivity contribution is 0.475. The summed E-state index contributed by atoms with van der Waals surface area (Å²) in [6, 6.07) is 19.2. The molecule has 0 saturated carbocycles. The van der Waals surface area contributed by atoms with Crippen molar-refractivity contribution in [3.05, 3.63) is 92.1 Å². The van der Waals surface area contributed by atoms with Gasteiger partial charge in [-0.15, -0.1) is 0 Å². The summed E-state index contributed by atoms with van der Waals surface area (Å²) >= 11 is 9.43. The Labute approximate surface area is 189 Å². The fourth-order valence-electron chi connectivity index (χ4n) is 3.24. The van der Waals surface area contributed by atoms with Crippen LogP contribution >= 0.6 is 27.5 Å². The molecule has 0 fully saturated rings. The molecular weight excluding hydrogens is 482 g/mol. The Morgan fingerprint density at radius 3 is 2.77 bits per heavy atom. The largest absolute Gasteiger partial charge is 0.506 e. The van der Waals surface area contributed by atoms with Gasteiger partial charge < -0.3 is 9.52 Å². The van der Waals surface area contributed by atoms with Crippen LogP contribution in [0.1, 0.15) is 5.56 Å². The highest BCUT2D eigenvalue weighted by Crippen LogP contribution is 2.29. The fraction of sp³-hybridized carbons (Fsp3) is 0. The highest BCUT2D eigenvalue weighted by atomic mass is 79.9. The van der Waals surface area contributed by atoms with Gasteiger partial charge in [-0.1, -0.05) is 39.7 Å². The number of aromatic nitrogens is 2. The molecule has 0 aliphatic carbocycles. The van der Waals surface area contributed by atoms with Crippen LogP contribution in [-0.2, 0) is 0 Å². The zero-order chi connectivity index (χ0) is 21.5.